The summed E-state index contributed by atoms with van der Waals surface area (Å²) in [6.07, 6.45) is 3.35. The van der Waals surface area contributed by atoms with Crippen LogP contribution < -0.4 is 14.8 Å². The van der Waals surface area contributed by atoms with E-state index < -0.39 is 0 Å². The molecule has 0 bridgehead atoms. The van der Waals surface area contributed by atoms with E-state index in [4.69, 9.17) is 9.47 Å². The van der Waals surface area contributed by atoms with Crippen LogP contribution in [0.25, 0.3) is 0 Å². The van der Waals surface area contributed by atoms with E-state index >= 15 is 0 Å². The van der Waals surface area contributed by atoms with Crippen molar-refractivity contribution in [2.24, 2.45) is 0 Å². The van der Waals surface area contributed by atoms with E-state index in [1.165, 1.54) is 24.0 Å². The smallest absolute Gasteiger partial charge is 0.118 e. The van der Waals surface area contributed by atoms with Crippen LogP contribution in [-0.2, 0) is 6.42 Å². The van der Waals surface area contributed by atoms with Crippen LogP contribution >= 0.6 is 12.4 Å². The molecule has 0 spiro atoms. The number of ether oxygens (including phenoxy) is 2. The van der Waals surface area contributed by atoms with E-state index in [2.05, 4.69) is 36.5 Å². The standard InChI is InChI=1S/C20H27NO2.ClH/c1-4-5-14-21-20(17-8-12-19(23-3)13-9-17)15-16-6-10-18(22-2)11-7-16;/h6-13,20-21H,4-5,14-15H2,1-3H3;1H. The first-order chi connectivity index (χ1) is 11.3. The minimum absolute atomic E-state index is 0. The van der Waals surface area contributed by atoms with E-state index in [0.717, 1.165) is 24.5 Å². The van der Waals surface area contributed by atoms with Gasteiger partial charge in [-0.1, -0.05) is 37.6 Å². The largest absolute Gasteiger partial charge is 0.497 e. The predicted octanol–water partition coefficient (Wildman–Crippen LogP) is 4.80. The summed E-state index contributed by atoms with van der Waals surface area (Å²) in [5.74, 6) is 1.79. The van der Waals surface area contributed by atoms with Crippen LogP contribution in [0, 0.1) is 0 Å². The molecule has 2 rings (SSSR count). The number of halogens is 1. The Morgan fingerprint density at radius 2 is 1.42 bits per heavy atom. The van der Waals surface area contributed by atoms with Crippen LogP contribution in [0.15, 0.2) is 48.5 Å². The highest BCUT2D eigenvalue weighted by Crippen LogP contribution is 2.22. The monoisotopic (exact) mass is 349 g/mol. The lowest BCUT2D eigenvalue weighted by molar-refractivity contribution is 0.413. The van der Waals surface area contributed by atoms with Crippen LogP contribution in [0.2, 0.25) is 0 Å². The molecular weight excluding hydrogens is 322 g/mol. The summed E-state index contributed by atoms with van der Waals surface area (Å²) in [5, 5.41) is 3.68. The molecule has 2 aromatic rings. The van der Waals surface area contributed by atoms with Gasteiger partial charge in [0.25, 0.3) is 0 Å². The second-order valence-electron chi connectivity index (χ2n) is 5.69. The highest BCUT2D eigenvalue weighted by atomic mass is 35.5. The molecule has 4 heteroatoms. The molecule has 0 aliphatic carbocycles. The number of benzene rings is 2. The molecule has 0 heterocycles. The second kappa shape index (κ2) is 11.0. The average Bonchev–Trinajstić information content (AvgIpc) is 2.62. The van der Waals surface area contributed by atoms with Crippen molar-refractivity contribution in [3.05, 3.63) is 59.7 Å². The molecule has 132 valence electrons. The van der Waals surface area contributed by atoms with Crippen LogP contribution in [-0.4, -0.2) is 20.8 Å². The third kappa shape index (κ3) is 6.06. The van der Waals surface area contributed by atoms with Crippen molar-refractivity contribution >= 4 is 12.4 Å². The number of hydrogen-bond acceptors (Lipinski definition) is 3. The molecule has 1 atom stereocenters. The molecule has 0 aromatic heterocycles. The fourth-order valence-electron chi connectivity index (χ4n) is 2.59. The highest BCUT2D eigenvalue weighted by molar-refractivity contribution is 5.85. The lowest BCUT2D eigenvalue weighted by Gasteiger charge is -2.20. The van der Waals surface area contributed by atoms with Crippen molar-refractivity contribution in [2.45, 2.75) is 32.2 Å². The van der Waals surface area contributed by atoms with Crippen molar-refractivity contribution in [1.82, 2.24) is 5.32 Å². The van der Waals surface area contributed by atoms with Crippen molar-refractivity contribution in [2.75, 3.05) is 20.8 Å². The van der Waals surface area contributed by atoms with Gasteiger partial charge in [-0.15, -0.1) is 12.4 Å². The molecule has 0 saturated carbocycles. The molecule has 1 unspecified atom stereocenters. The Hall–Kier alpha value is -1.71. The highest BCUT2D eigenvalue weighted by Gasteiger charge is 2.12. The maximum atomic E-state index is 5.26. The predicted molar refractivity (Wildman–Crippen MR) is 103 cm³/mol. The van der Waals surface area contributed by atoms with E-state index in [9.17, 15) is 0 Å². The Morgan fingerprint density at radius 3 is 1.92 bits per heavy atom. The zero-order chi connectivity index (χ0) is 16.5. The normalized spacial score (nSPS) is 11.5. The second-order valence-corrected chi connectivity index (χ2v) is 5.69. The van der Waals surface area contributed by atoms with E-state index in [1.54, 1.807) is 14.2 Å². The quantitative estimate of drug-likeness (QED) is 0.660. The van der Waals surface area contributed by atoms with Crippen molar-refractivity contribution < 1.29 is 9.47 Å². The van der Waals surface area contributed by atoms with Crippen molar-refractivity contribution in [3.63, 3.8) is 0 Å². The first-order valence-electron chi connectivity index (χ1n) is 8.27. The van der Waals surface area contributed by atoms with Gasteiger partial charge in [0.2, 0.25) is 0 Å². The van der Waals surface area contributed by atoms with Gasteiger partial charge in [-0.05, 0) is 54.8 Å². The Bertz CT molecular complexity index is 569. The molecule has 3 nitrogen and oxygen atoms in total. The molecular formula is C20H28ClNO2. The Kier molecular flexibility index (Phi) is 9.28. The lowest BCUT2D eigenvalue weighted by Crippen LogP contribution is -2.24. The minimum Gasteiger partial charge on any atom is -0.497 e. The zero-order valence-electron chi connectivity index (χ0n) is 14.7. The summed E-state index contributed by atoms with van der Waals surface area (Å²) in [5.41, 5.74) is 2.59. The van der Waals surface area contributed by atoms with Gasteiger partial charge in [0.05, 0.1) is 14.2 Å². The number of rotatable bonds is 9. The van der Waals surface area contributed by atoms with Crippen LogP contribution in [0.5, 0.6) is 11.5 Å². The Balaban J connectivity index is 0.00000288. The molecule has 0 fully saturated rings. The van der Waals surface area contributed by atoms with Gasteiger partial charge in [0, 0.05) is 6.04 Å². The number of nitrogens with one attached hydrogen (secondary N) is 1. The fraction of sp³-hybridized carbons (Fsp3) is 0.400. The third-order valence-electron chi connectivity index (χ3n) is 4.04. The maximum absolute atomic E-state index is 5.26. The van der Waals surface area contributed by atoms with Crippen LogP contribution in [0.4, 0.5) is 0 Å². The molecule has 0 radical (unpaired) electrons. The van der Waals surface area contributed by atoms with E-state index in [-0.39, 0.29) is 12.4 Å². The summed E-state index contributed by atoms with van der Waals surface area (Å²) in [7, 11) is 3.39. The molecule has 0 saturated heterocycles. The van der Waals surface area contributed by atoms with Gasteiger partial charge in [-0.2, -0.15) is 0 Å². The first-order valence-corrected chi connectivity index (χ1v) is 8.27. The van der Waals surface area contributed by atoms with Gasteiger partial charge in [-0.25, -0.2) is 0 Å². The number of methoxy groups -OCH3 is 2. The Labute approximate surface area is 151 Å². The topological polar surface area (TPSA) is 30.5 Å². The molecule has 2 aromatic carbocycles. The summed E-state index contributed by atoms with van der Waals surface area (Å²) in [4.78, 5) is 0. The SMILES string of the molecule is CCCCNC(Cc1ccc(OC)cc1)c1ccc(OC)cc1.Cl. The van der Waals surface area contributed by atoms with Gasteiger partial charge in [0.15, 0.2) is 0 Å². The van der Waals surface area contributed by atoms with Gasteiger partial charge in [-0.3, -0.25) is 0 Å². The van der Waals surface area contributed by atoms with Gasteiger partial charge in [0.1, 0.15) is 11.5 Å². The Morgan fingerprint density at radius 1 is 0.875 bits per heavy atom. The average molecular weight is 350 g/mol. The zero-order valence-corrected chi connectivity index (χ0v) is 15.6. The minimum atomic E-state index is 0. The molecule has 24 heavy (non-hydrogen) atoms. The summed E-state index contributed by atoms with van der Waals surface area (Å²) >= 11 is 0. The molecule has 0 amide bonds. The lowest BCUT2D eigenvalue weighted by atomic mass is 9.98. The summed E-state index contributed by atoms with van der Waals surface area (Å²) in [6.45, 7) is 3.25. The molecule has 0 aliphatic rings. The third-order valence-corrected chi connectivity index (χ3v) is 4.04. The van der Waals surface area contributed by atoms with Gasteiger partial charge < -0.3 is 14.8 Å². The fourth-order valence-corrected chi connectivity index (χ4v) is 2.59. The van der Waals surface area contributed by atoms with Crippen LogP contribution in [0.3, 0.4) is 0 Å². The molecule has 0 aliphatic heterocycles. The van der Waals surface area contributed by atoms with E-state index in [0.29, 0.717) is 6.04 Å². The maximum Gasteiger partial charge on any atom is 0.118 e. The van der Waals surface area contributed by atoms with Gasteiger partial charge >= 0.3 is 0 Å². The van der Waals surface area contributed by atoms with Crippen molar-refractivity contribution in [3.8, 4) is 11.5 Å². The van der Waals surface area contributed by atoms with Crippen molar-refractivity contribution in [1.29, 1.82) is 0 Å². The summed E-state index contributed by atoms with van der Waals surface area (Å²) in [6, 6.07) is 17.0. The first kappa shape index (κ1) is 20.3. The van der Waals surface area contributed by atoms with E-state index in [1.807, 2.05) is 24.3 Å². The molecule has 1 N–H and O–H groups in total. The number of hydrogen-bond donors (Lipinski definition) is 1. The van der Waals surface area contributed by atoms with Crippen LogP contribution in [0.1, 0.15) is 36.9 Å². The summed E-state index contributed by atoms with van der Waals surface area (Å²) < 4.78 is 10.5. The number of unbranched alkanes of at least 4 members (excludes halogenated alkanes) is 1.